The van der Waals surface area contributed by atoms with Gasteiger partial charge in [-0.1, -0.05) is 41.5 Å². The van der Waals surface area contributed by atoms with Crippen LogP contribution in [0.4, 0.5) is 0 Å². The molecule has 15 heavy (non-hydrogen) atoms. The molecular weight excluding hydrogens is 182 g/mol. The first kappa shape index (κ1) is 14.5. The molecule has 1 heteroatoms. The van der Waals surface area contributed by atoms with E-state index in [1.54, 1.807) is 0 Å². The van der Waals surface area contributed by atoms with Gasteiger partial charge in [-0.2, -0.15) is 0 Å². The summed E-state index contributed by atoms with van der Waals surface area (Å²) in [4.78, 5) is 0. The molecule has 0 saturated carbocycles. The molecule has 0 saturated heterocycles. The largest absolute Gasteiger partial charge is 0.386 e. The third kappa shape index (κ3) is 4.72. The Balaban J connectivity index is 4.70. The van der Waals surface area contributed by atoms with E-state index in [9.17, 15) is 0 Å². The molecule has 0 aromatic rings. The molecule has 0 rings (SSSR count). The molecule has 0 heterocycles. The second-order valence-electron chi connectivity index (χ2n) is 6.73. The highest BCUT2D eigenvalue weighted by Crippen LogP contribution is 2.27. The van der Waals surface area contributed by atoms with Crippen LogP contribution in [-0.2, 0) is 0 Å². The van der Waals surface area contributed by atoms with Crippen LogP contribution in [0.1, 0.15) is 62.3 Å². The number of allylic oxidation sites excluding steroid dienone is 2. The predicted octanol–water partition coefficient (Wildman–Crippen LogP) is 4.35. The number of rotatable bonds is 2. The number of nitrogens with one attached hydrogen (secondary N) is 1. The van der Waals surface area contributed by atoms with E-state index in [1.165, 1.54) is 11.3 Å². The van der Waals surface area contributed by atoms with Gasteiger partial charge in [0.1, 0.15) is 0 Å². The first-order chi connectivity index (χ1) is 6.46. The number of hydrogen-bond donors (Lipinski definition) is 1. The zero-order valence-corrected chi connectivity index (χ0v) is 12.1. The molecule has 0 aliphatic heterocycles. The van der Waals surface area contributed by atoms with Gasteiger partial charge in [0, 0.05) is 11.7 Å². The SMILES string of the molecule is C/C(NC(C)C(C)(C)C)=C(/C)C(C)(C)C. The van der Waals surface area contributed by atoms with Gasteiger partial charge in [0.15, 0.2) is 0 Å². The van der Waals surface area contributed by atoms with Gasteiger partial charge in [0.2, 0.25) is 0 Å². The molecule has 0 spiro atoms. The molecule has 1 unspecified atom stereocenters. The Labute approximate surface area is 96.3 Å². The van der Waals surface area contributed by atoms with Crippen LogP contribution >= 0.6 is 0 Å². The van der Waals surface area contributed by atoms with Crippen LogP contribution in [0, 0.1) is 10.8 Å². The van der Waals surface area contributed by atoms with E-state index in [2.05, 4.69) is 67.6 Å². The summed E-state index contributed by atoms with van der Waals surface area (Å²) in [6.45, 7) is 20.2. The van der Waals surface area contributed by atoms with Crippen molar-refractivity contribution in [2.24, 2.45) is 10.8 Å². The normalized spacial score (nSPS) is 17.1. The van der Waals surface area contributed by atoms with Gasteiger partial charge < -0.3 is 5.32 Å². The highest BCUT2D eigenvalue weighted by atomic mass is 14.9. The van der Waals surface area contributed by atoms with E-state index in [0.29, 0.717) is 11.5 Å². The van der Waals surface area contributed by atoms with Crippen molar-refractivity contribution in [2.75, 3.05) is 0 Å². The summed E-state index contributed by atoms with van der Waals surface area (Å²) in [6.07, 6.45) is 0. The first-order valence-corrected chi connectivity index (χ1v) is 5.90. The average molecular weight is 211 g/mol. The summed E-state index contributed by atoms with van der Waals surface area (Å²) in [7, 11) is 0. The van der Waals surface area contributed by atoms with E-state index in [1.807, 2.05) is 0 Å². The topological polar surface area (TPSA) is 12.0 Å². The van der Waals surface area contributed by atoms with Crippen molar-refractivity contribution in [1.29, 1.82) is 0 Å². The van der Waals surface area contributed by atoms with Crippen LogP contribution in [0.5, 0.6) is 0 Å². The van der Waals surface area contributed by atoms with Gasteiger partial charge in [0.25, 0.3) is 0 Å². The summed E-state index contributed by atoms with van der Waals surface area (Å²) < 4.78 is 0. The van der Waals surface area contributed by atoms with E-state index < -0.39 is 0 Å². The minimum absolute atomic E-state index is 0.259. The standard InChI is InChI=1S/C14H29N/c1-10(13(4,5)6)11(2)15-12(3)14(7,8)9/h12,15H,1-9H3/b11-10+. The monoisotopic (exact) mass is 211 g/mol. The second-order valence-corrected chi connectivity index (χ2v) is 6.73. The summed E-state index contributed by atoms with van der Waals surface area (Å²) in [5.74, 6) is 0. The Morgan fingerprint density at radius 3 is 1.60 bits per heavy atom. The Kier molecular flexibility index (Phi) is 4.45. The first-order valence-electron chi connectivity index (χ1n) is 5.90. The van der Waals surface area contributed by atoms with Gasteiger partial charge in [0.05, 0.1) is 0 Å². The molecule has 0 aromatic carbocycles. The Morgan fingerprint density at radius 1 is 0.933 bits per heavy atom. The fourth-order valence-corrected chi connectivity index (χ4v) is 1.21. The van der Waals surface area contributed by atoms with E-state index in [-0.39, 0.29) is 5.41 Å². The third-order valence-corrected chi connectivity index (χ3v) is 3.42. The maximum Gasteiger partial charge on any atom is 0.0278 e. The van der Waals surface area contributed by atoms with Crippen molar-refractivity contribution < 1.29 is 0 Å². The number of hydrogen-bond acceptors (Lipinski definition) is 1. The molecule has 1 N–H and O–H groups in total. The van der Waals surface area contributed by atoms with Crippen LogP contribution in [0.3, 0.4) is 0 Å². The van der Waals surface area contributed by atoms with Crippen molar-refractivity contribution in [2.45, 2.75) is 68.4 Å². The Bertz CT molecular complexity index is 235. The summed E-state index contributed by atoms with van der Waals surface area (Å²) in [5, 5.41) is 3.61. The lowest BCUT2D eigenvalue weighted by molar-refractivity contribution is 0.300. The van der Waals surface area contributed by atoms with Gasteiger partial charge in [-0.15, -0.1) is 0 Å². The molecule has 0 amide bonds. The predicted molar refractivity (Wildman–Crippen MR) is 69.9 cm³/mol. The second kappa shape index (κ2) is 4.59. The van der Waals surface area contributed by atoms with Gasteiger partial charge in [-0.25, -0.2) is 0 Å². The maximum atomic E-state index is 3.61. The fourth-order valence-electron chi connectivity index (χ4n) is 1.21. The maximum absolute atomic E-state index is 3.61. The Hall–Kier alpha value is -0.460. The van der Waals surface area contributed by atoms with E-state index >= 15 is 0 Å². The minimum atomic E-state index is 0.259. The van der Waals surface area contributed by atoms with Crippen molar-refractivity contribution in [3.8, 4) is 0 Å². The van der Waals surface area contributed by atoms with Gasteiger partial charge >= 0.3 is 0 Å². The fraction of sp³-hybridized carbons (Fsp3) is 0.857. The zero-order valence-electron chi connectivity index (χ0n) is 12.1. The molecule has 1 nitrogen and oxygen atoms in total. The van der Waals surface area contributed by atoms with E-state index in [0.717, 1.165) is 0 Å². The summed E-state index contributed by atoms with van der Waals surface area (Å²) in [6, 6.07) is 0.495. The smallest absolute Gasteiger partial charge is 0.0278 e. The van der Waals surface area contributed by atoms with Crippen molar-refractivity contribution >= 4 is 0 Å². The average Bonchev–Trinajstić information content (AvgIpc) is 1.99. The summed E-state index contributed by atoms with van der Waals surface area (Å²) >= 11 is 0. The highest BCUT2D eigenvalue weighted by Gasteiger charge is 2.21. The molecule has 0 radical (unpaired) electrons. The van der Waals surface area contributed by atoms with Crippen LogP contribution in [0.25, 0.3) is 0 Å². The molecule has 0 bridgehead atoms. The van der Waals surface area contributed by atoms with Gasteiger partial charge in [-0.3, -0.25) is 0 Å². The lowest BCUT2D eigenvalue weighted by Crippen LogP contribution is -2.37. The van der Waals surface area contributed by atoms with Gasteiger partial charge in [-0.05, 0) is 37.2 Å². The molecule has 1 atom stereocenters. The molecule has 0 aliphatic rings. The Morgan fingerprint density at radius 2 is 1.33 bits per heavy atom. The molecule has 90 valence electrons. The third-order valence-electron chi connectivity index (χ3n) is 3.42. The highest BCUT2D eigenvalue weighted by molar-refractivity contribution is 5.15. The quantitative estimate of drug-likeness (QED) is 0.716. The van der Waals surface area contributed by atoms with Crippen molar-refractivity contribution in [1.82, 2.24) is 5.32 Å². The van der Waals surface area contributed by atoms with E-state index in [4.69, 9.17) is 0 Å². The van der Waals surface area contributed by atoms with Crippen molar-refractivity contribution in [3.05, 3.63) is 11.3 Å². The van der Waals surface area contributed by atoms with Crippen LogP contribution < -0.4 is 5.32 Å². The van der Waals surface area contributed by atoms with Crippen molar-refractivity contribution in [3.63, 3.8) is 0 Å². The molecule has 0 fully saturated rings. The van der Waals surface area contributed by atoms with Crippen LogP contribution in [0.15, 0.2) is 11.3 Å². The lowest BCUT2D eigenvalue weighted by Gasteiger charge is -2.32. The minimum Gasteiger partial charge on any atom is -0.386 e. The van der Waals surface area contributed by atoms with Crippen LogP contribution in [0.2, 0.25) is 0 Å². The zero-order chi connectivity index (χ0) is 12.4. The molecule has 0 aromatic heterocycles. The van der Waals surface area contributed by atoms with Crippen LogP contribution in [-0.4, -0.2) is 6.04 Å². The molecule has 0 aliphatic carbocycles. The lowest BCUT2D eigenvalue weighted by atomic mass is 9.84. The summed E-state index contributed by atoms with van der Waals surface area (Å²) in [5.41, 5.74) is 3.33. The molecular formula is C14H29N.